The first kappa shape index (κ1) is 16.3. The van der Waals surface area contributed by atoms with Gasteiger partial charge in [-0.2, -0.15) is 0 Å². The summed E-state index contributed by atoms with van der Waals surface area (Å²) in [5.41, 5.74) is 0. The lowest BCUT2D eigenvalue weighted by Gasteiger charge is -2.32. The number of piperidine rings is 1. The predicted octanol–water partition coefficient (Wildman–Crippen LogP) is 1.66. The van der Waals surface area contributed by atoms with E-state index in [4.69, 9.17) is 4.74 Å². The van der Waals surface area contributed by atoms with Crippen LogP contribution in [0.2, 0.25) is 0 Å². The molecule has 2 saturated heterocycles. The van der Waals surface area contributed by atoms with E-state index in [1.54, 1.807) is 0 Å². The topological polar surface area (TPSA) is 49.9 Å². The van der Waals surface area contributed by atoms with Crippen LogP contribution in [0.25, 0.3) is 0 Å². The van der Waals surface area contributed by atoms with Crippen LogP contribution in [0.3, 0.4) is 0 Å². The molecule has 120 valence electrons. The van der Waals surface area contributed by atoms with E-state index in [1.165, 1.54) is 12.8 Å². The van der Waals surface area contributed by atoms with Crippen LogP contribution in [0, 0.1) is 5.92 Å². The van der Waals surface area contributed by atoms with Gasteiger partial charge in [0.1, 0.15) is 0 Å². The lowest BCUT2D eigenvalue weighted by atomic mass is 9.98. The highest BCUT2D eigenvalue weighted by atomic mass is 16.5. The maximum Gasteiger partial charge on any atom is 0.310 e. The molecule has 0 N–H and O–H groups in total. The standard InChI is InChI=1S/C16H28N2O3/c1-2-21-16(20)14-8-7-9-17(12-14)13-15(19)18-10-5-3-4-6-11-18/h14H,2-13H2,1H3/t14-/m1/s1. The van der Waals surface area contributed by atoms with Crippen LogP contribution >= 0.6 is 0 Å². The average Bonchev–Trinajstić information content (AvgIpc) is 2.77. The number of hydrogen-bond acceptors (Lipinski definition) is 4. The van der Waals surface area contributed by atoms with Crippen molar-refractivity contribution in [3.8, 4) is 0 Å². The molecule has 2 heterocycles. The number of amides is 1. The van der Waals surface area contributed by atoms with Gasteiger partial charge in [-0.1, -0.05) is 12.8 Å². The molecule has 0 aromatic heterocycles. The lowest BCUT2D eigenvalue weighted by Crippen LogP contribution is -2.46. The van der Waals surface area contributed by atoms with E-state index >= 15 is 0 Å². The summed E-state index contributed by atoms with van der Waals surface area (Å²) in [6.45, 7) is 6.09. The first-order valence-electron chi connectivity index (χ1n) is 8.37. The molecule has 21 heavy (non-hydrogen) atoms. The second-order valence-corrected chi connectivity index (χ2v) is 6.12. The van der Waals surface area contributed by atoms with E-state index in [0.29, 0.717) is 19.7 Å². The number of ether oxygens (including phenoxy) is 1. The number of esters is 1. The zero-order chi connectivity index (χ0) is 15.1. The van der Waals surface area contributed by atoms with Gasteiger partial charge in [-0.05, 0) is 39.2 Å². The zero-order valence-electron chi connectivity index (χ0n) is 13.2. The Morgan fingerprint density at radius 2 is 1.76 bits per heavy atom. The van der Waals surface area contributed by atoms with Crippen LogP contribution in [0.1, 0.15) is 45.4 Å². The number of hydrogen-bond donors (Lipinski definition) is 0. The van der Waals surface area contributed by atoms with Crippen LogP contribution in [0.5, 0.6) is 0 Å². The molecule has 0 unspecified atom stereocenters. The smallest absolute Gasteiger partial charge is 0.310 e. The molecule has 2 aliphatic heterocycles. The number of likely N-dealkylation sites (tertiary alicyclic amines) is 2. The highest BCUT2D eigenvalue weighted by Gasteiger charge is 2.28. The summed E-state index contributed by atoms with van der Waals surface area (Å²) in [5.74, 6) is 0.0569. The Bertz CT molecular complexity index is 351. The normalized spacial score (nSPS) is 24.4. The summed E-state index contributed by atoms with van der Waals surface area (Å²) in [6, 6.07) is 0. The Labute approximate surface area is 127 Å². The molecule has 1 amide bonds. The van der Waals surface area contributed by atoms with E-state index in [2.05, 4.69) is 4.90 Å². The van der Waals surface area contributed by atoms with Gasteiger partial charge in [0.05, 0.1) is 19.1 Å². The van der Waals surface area contributed by atoms with Crippen molar-refractivity contribution in [3.05, 3.63) is 0 Å². The zero-order valence-corrected chi connectivity index (χ0v) is 13.2. The Morgan fingerprint density at radius 3 is 2.43 bits per heavy atom. The van der Waals surface area contributed by atoms with Crippen LogP contribution in [-0.4, -0.2) is 61.0 Å². The summed E-state index contributed by atoms with van der Waals surface area (Å²) in [4.78, 5) is 28.3. The summed E-state index contributed by atoms with van der Waals surface area (Å²) < 4.78 is 5.11. The maximum atomic E-state index is 12.4. The van der Waals surface area contributed by atoms with Crippen LogP contribution < -0.4 is 0 Å². The molecule has 0 aromatic carbocycles. The van der Waals surface area contributed by atoms with E-state index in [1.807, 2.05) is 11.8 Å². The molecule has 0 spiro atoms. The largest absolute Gasteiger partial charge is 0.466 e. The van der Waals surface area contributed by atoms with Gasteiger partial charge in [-0.15, -0.1) is 0 Å². The van der Waals surface area contributed by atoms with Crippen molar-refractivity contribution in [2.45, 2.75) is 45.4 Å². The van der Waals surface area contributed by atoms with Crippen molar-refractivity contribution in [2.75, 3.05) is 39.3 Å². The lowest BCUT2D eigenvalue weighted by molar-refractivity contribution is -0.150. The molecule has 0 aliphatic carbocycles. The molecule has 0 saturated carbocycles. The van der Waals surface area contributed by atoms with Gasteiger partial charge in [-0.3, -0.25) is 14.5 Å². The second-order valence-electron chi connectivity index (χ2n) is 6.12. The van der Waals surface area contributed by atoms with Gasteiger partial charge in [0.2, 0.25) is 5.91 Å². The van der Waals surface area contributed by atoms with Gasteiger partial charge in [0, 0.05) is 19.6 Å². The fraction of sp³-hybridized carbons (Fsp3) is 0.875. The summed E-state index contributed by atoms with van der Waals surface area (Å²) >= 11 is 0. The molecule has 0 aromatic rings. The minimum atomic E-state index is -0.107. The number of carbonyl (C=O) groups excluding carboxylic acids is 2. The van der Waals surface area contributed by atoms with Gasteiger partial charge in [-0.25, -0.2) is 0 Å². The summed E-state index contributed by atoms with van der Waals surface area (Å²) in [6.07, 6.45) is 6.56. The van der Waals surface area contributed by atoms with Gasteiger partial charge in [0.15, 0.2) is 0 Å². The Balaban J connectivity index is 1.81. The number of nitrogens with zero attached hydrogens (tertiary/aromatic N) is 2. The Hall–Kier alpha value is -1.10. The number of rotatable bonds is 4. The molecule has 2 fully saturated rings. The third kappa shape index (κ3) is 4.99. The second kappa shape index (κ2) is 8.37. The highest BCUT2D eigenvalue weighted by molar-refractivity contribution is 5.78. The van der Waals surface area contributed by atoms with Gasteiger partial charge in [0.25, 0.3) is 0 Å². The molecule has 0 radical (unpaired) electrons. The minimum absolute atomic E-state index is 0.0596. The van der Waals surface area contributed by atoms with Crippen LogP contribution in [-0.2, 0) is 14.3 Å². The van der Waals surface area contributed by atoms with Gasteiger partial charge >= 0.3 is 5.97 Å². The quantitative estimate of drug-likeness (QED) is 0.740. The van der Waals surface area contributed by atoms with Crippen molar-refractivity contribution in [1.29, 1.82) is 0 Å². The fourth-order valence-electron chi connectivity index (χ4n) is 3.26. The third-order valence-electron chi connectivity index (χ3n) is 4.44. The van der Waals surface area contributed by atoms with Crippen LogP contribution in [0.15, 0.2) is 0 Å². The Kier molecular flexibility index (Phi) is 6.49. The Morgan fingerprint density at radius 1 is 1.05 bits per heavy atom. The molecular formula is C16H28N2O3. The van der Waals surface area contributed by atoms with Crippen molar-refractivity contribution in [3.63, 3.8) is 0 Å². The molecule has 0 bridgehead atoms. The molecule has 5 heteroatoms. The van der Waals surface area contributed by atoms with E-state index < -0.39 is 0 Å². The number of carbonyl (C=O) groups is 2. The SMILES string of the molecule is CCOC(=O)[C@@H]1CCCN(CC(=O)N2CCCCCC2)C1. The van der Waals surface area contributed by atoms with E-state index in [0.717, 1.165) is 45.3 Å². The highest BCUT2D eigenvalue weighted by Crippen LogP contribution is 2.18. The average molecular weight is 296 g/mol. The summed E-state index contributed by atoms with van der Waals surface area (Å²) in [7, 11) is 0. The molecule has 5 nitrogen and oxygen atoms in total. The minimum Gasteiger partial charge on any atom is -0.466 e. The van der Waals surface area contributed by atoms with Crippen molar-refractivity contribution < 1.29 is 14.3 Å². The first-order valence-corrected chi connectivity index (χ1v) is 8.37. The molecule has 1 atom stereocenters. The summed E-state index contributed by atoms with van der Waals surface area (Å²) in [5, 5.41) is 0. The van der Waals surface area contributed by atoms with Crippen LogP contribution in [0.4, 0.5) is 0 Å². The first-order chi connectivity index (χ1) is 10.2. The monoisotopic (exact) mass is 296 g/mol. The van der Waals surface area contributed by atoms with Gasteiger partial charge < -0.3 is 9.64 Å². The van der Waals surface area contributed by atoms with Crippen molar-refractivity contribution >= 4 is 11.9 Å². The predicted molar refractivity (Wildman–Crippen MR) is 80.8 cm³/mol. The molecular weight excluding hydrogens is 268 g/mol. The third-order valence-corrected chi connectivity index (χ3v) is 4.44. The van der Waals surface area contributed by atoms with Crippen molar-refractivity contribution in [1.82, 2.24) is 9.80 Å². The van der Waals surface area contributed by atoms with E-state index in [9.17, 15) is 9.59 Å². The molecule has 2 aliphatic rings. The van der Waals surface area contributed by atoms with E-state index in [-0.39, 0.29) is 17.8 Å². The van der Waals surface area contributed by atoms with Crippen molar-refractivity contribution in [2.24, 2.45) is 5.92 Å². The maximum absolute atomic E-state index is 12.4. The molecule has 2 rings (SSSR count). The fourth-order valence-corrected chi connectivity index (χ4v) is 3.26.